The van der Waals surface area contributed by atoms with E-state index in [1.165, 1.54) is 6.08 Å². The summed E-state index contributed by atoms with van der Waals surface area (Å²) in [5.74, 6) is -1.11. The van der Waals surface area contributed by atoms with Crippen LogP contribution in [0.3, 0.4) is 0 Å². The summed E-state index contributed by atoms with van der Waals surface area (Å²) >= 11 is 0. The Morgan fingerprint density at radius 1 is 1.20 bits per heavy atom. The molecule has 7 nitrogen and oxygen atoms in total. The van der Waals surface area contributed by atoms with Gasteiger partial charge in [0.15, 0.2) is 0 Å². The monoisotopic (exact) mass is 346 g/mol. The topological polar surface area (TPSA) is 126 Å². The SMILES string of the molecule is C=Cc1c(C(=O)O)[nH]c(CNC)c1-c1ccc(CO)c(CO)c1CO. The smallest absolute Gasteiger partial charge is 0.352 e. The molecule has 0 aliphatic heterocycles. The number of carbonyl (C=O) groups is 1. The number of aromatic nitrogens is 1. The summed E-state index contributed by atoms with van der Waals surface area (Å²) < 4.78 is 0. The number of aromatic amines is 1. The molecule has 0 amide bonds. The molecule has 134 valence electrons. The van der Waals surface area contributed by atoms with Gasteiger partial charge in [0, 0.05) is 23.4 Å². The minimum absolute atomic E-state index is 0.0101. The van der Waals surface area contributed by atoms with E-state index in [-0.39, 0.29) is 25.5 Å². The number of carboxylic acid groups (broad SMARTS) is 1. The summed E-state index contributed by atoms with van der Waals surface area (Å²) in [5, 5.41) is 41.4. The van der Waals surface area contributed by atoms with E-state index in [2.05, 4.69) is 16.9 Å². The van der Waals surface area contributed by atoms with E-state index in [0.29, 0.717) is 45.6 Å². The Morgan fingerprint density at radius 2 is 1.88 bits per heavy atom. The third kappa shape index (κ3) is 3.35. The van der Waals surface area contributed by atoms with Gasteiger partial charge < -0.3 is 30.7 Å². The van der Waals surface area contributed by atoms with Crippen LogP contribution >= 0.6 is 0 Å². The van der Waals surface area contributed by atoms with Crippen LogP contribution in [0.5, 0.6) is 0 Å². The number of carboxylic acids is 1. The molecule has 0 saturated carbocycles. The van der Waals surface area contributed by atoms with Gasteiger partial charge in [-0.05, 0) is 29.3 Å². The van der Waals surface area contributed by atoms with Crippen molar-refractivity contribution >= 4 is 12.0 Å². The van der Waals surface area contributed by atoms with Gasteiger partial charge in [0.25, 0.3) is 0 Å². The Bertz CT molecular complexity index is 795. The van der Waals surface area contributed by atoms with Gasteiger partial charge in [-0.3, -0.25) is 0 Å². The Morgan fingerprint density at radius 3 is 2.36 bits per heavy atom. The summed E-state index contributed by atoms with van der Waals surface area (Å²) in [6.45, 7) is 3.11. The van der Waals surface area contributed by atoms with Crippen molar-refractivity contribution in [3.05, 3.63) is 52.4 Å². The first-order valence-corrected chi connectivity index (χ1v) is 7.75. The lowest BCUT2D eigenvalue weighted by molar-refractivity contribution is 0.0691. The first kappa shape index (κ1) is 18.9. The van der Waals surface area contributed by atoms with E-state index >= 15 is 0 Å². The molecular formula is C18H22N2O5. The summed E-state index contributed by atoms with van der Waals surface area (Å²) in [6, 6.07) is 3.36. The van der Waals surface area contributed by atoms with E-state index in [0.717, 1.165) is 0 Å². The van der Waals surface area contributed by atoms with Crippen molar-refractivity contribution in [2.75, 3.05) is 7.05 Å². The molecule has 0 unspecified atom stereocenters. The van der Waals surface area contributed by atoms with Crippen molar-refractivity contribution < 1.29 is 25.2 Å². The molecule has 1 heterocycles. The van der Waals surface area contributed by atoms with Gasteiger partial charge in [0.2, 0.25) is 0 Å². The fraction of sp³-hybridized carbons (Fsp3) is 0.278. The molecule has 0 radical (unpaired) electrons. The number of aliphatic hydroxyl groups is 3. The summed E-state index contributed by atoms with van der Waals surface area (Å²) in [6.07, 6.45) is 1.45. The molecule has 0 saturated heterocycles. The summed E-state index contributed by atoms with van der Waals surface area (Å²) in [7, 11) is 1.74. The molecule has 0 bridgehead atoms. The van der Waals surface area contributed by atoms with Gasteiger partial charge in [0.05, 0.1) is 19.8 Å². The second kappa shape index (κ2) is 8.09. The first-order valence-electron chi connectivity index (χ1n) is 7.75. The second-order valence-electron chi connectivity index (χ2n) is 5.51. The van der Waals surface area contributed by atoms with Crippen LogP contribution in [0.25, 0.3) is 17.2 Å². The highest BCUT2D eigenvalue weighted by molar-refractivity contribution is 5.96. The van der Waals surface area contributed by atoms with E-state index in [1.54, 1.807) is 19.2 Å². The Hall–Kier alpha value is -2.45. The van der Waals surface area contributed by atoms with Crippen LogP contribution in [0.1, 0.15) is 38.4 Å². The van der Waals surface area contributed by atoms with Gasteiger partial charge >= 0.3 is 5.97 Å². The van der Waals surface area contributed by atoms with Gasteiger partial charge in [-0.1, -0.05) is 24.8 Å². The van der Waals surface area contributed by atoms with Crippen LogP contribution in [0.4, 0.5) is 0 Å². The number of hydrogen-bond donors (Lipinski definition) is 6. The van der Waals surface area contributed by atoms with Gasteiger partial charge in [0.1, 0.15) is 5.69 Å². The molecule has 0 spiro atoms. The maximum absolute atomic E-state index is 11.5. The second-order valence-corrected chi connectivity index (χ2v) is 5.51. The van der Waals surface area contributed by atoms with Crippen molar-refractivity contribution in [2.45, 2.75) is 26.4 Å². The highest BCUT2D eigenvalue weighted by Crippen LogP contribution is 2.36. The zero-order chi connectivity index (χ0) is 18.6. The molecule has 0 aliphatic carbocycles. The van der Waals surface area contributed by atoms with Crippen molar-refractivity contribution in [1.29, 1.82) is 0 Å². The largest absolute Gasteiger partial charge is 0.477 e. The van der Waals surface area contributed by atoms with Gasteiger partial charge in [-0.25, -0.2) is 4.79 Å². The minimum atomic E-state index is -1.11. The Balaban J connectivity index is 2.85. The maximum Gasteiger partial charge on any atom is 0.352 e. The van der Waals surface area contributed by atoms with Crippen molar-refractivity contribution in [3.63, 3.8) is 0 Å². The number of H-pyrrole nitrogens is 1. The number of rotatable bonds is 8. The van der Waals surface area contributed by atoms with E-state index in [4.69, 9.17) is 0 Å². The van der Waals surface area contributed by atoms with E-state index in [9.17, 15) is 25.2 Å². The van der Waals surface area contributed by atoms with Crippen LogP contribution in [0.15, 0.2) is 18.7 Å². The molecule has 2 rings (SSSR count). The quantitative estimate of drug-likeness (QED) is 0.427. The molecular weight excluding hydrogens is 324 g/mol. The highest BCUT2D eigenvalue weighted by atomic mass is 16.4. The number of aromatic carboxylic acids is 1. The zero-order valence-corrected chi connectivity index (χ0v) is 14.0. The number of benzene rings is 1. The molecule has 0 atom stereocenters. The fourth-order valence-corrected chi connectivity index (χ4v) is 3.06. The van der Waals surface area contributed by atoms with Crippen LogP contribution in [0, 0.1) is 0 Å². The van der Waals surface area contributed by atoms with Crippen LogP contribution in [0.2, 0.25) is 0 Å². The lowest BCUT2D eigenvalue weighted by Crippen LogP contribution is -2.08. The third-order valence-electron chi connectivity index (χ3n) is 4.17. The molecule has 0 aliphatic rings. The fourth-order valence-electron chi connectivity index (χ4n) is 3.06. The van der Waals surface area contributed by atoms with Gasteiger partial charge in [-0.15, -0.1) is 0 Å². The molecule has 7 heteroatoms. The van der Waals surface area contributed by atoms with Crippen LogP contribution in [-0.4, -0.2) is 38.4 Å². The Labute approximate surface area is 145 Å². The minimum Gasteiger partial charge on any atom is -0.477 e. The van der Waals surface area contributed by atoms with E-state index in [1.807, 2.05) is 0 Å². The number of aliphatic hydroxyl groups excluding tert-OH is 3. The summed E-state index contributed by atoms with van der Waals surface area (Å²) in [4.78, 5) is 14.4. The molecule has 0 fully saturated rings. The maximum atomic E-state index is 11.5. The highest BCUT2D eigenvalue weighted by Gasteiger charge is 2.24. The lowest BCUT2D eigenvalue weighted by Gasteiger charge is -2.17. The van der Waals surface area contributed by atoms with Crippen LogP contribution in [-0.2, 0) is 26.4 Å². The van der Waals surface area contributed by atoms with Crippen molar-refractivity contribution in [1.82, 2.24) is 10.3 Å². The predicted octanol–water partition coefficient (Wildman–Crippen LogP) is 1.22. The standard InChI is InChI=1S/C18H22N2O5/c1-3-11-16(15(6-19-2)20-17(11)18(24)25)12-5-4-10(7-21)13(8-22)14(12)9-23/h3-5,19-23H,1,6-9H2,2H3,(H,24,25). The zero-order valence-electron chi connectivity index (χ0n) is 14.0. The third-order valence-corrected chi connectivity index (χ3v) is 4.17. The molecule has 6 N–H and O–H groups in total. The van der Waals surface area contributed by atoms with Crippen molar-refractivity contribution in [3.8, 4) is 11.1 Å². The average Bonchev–Trinajstić information content (AvgIpc) is 2.98. The molecule has 1 aromatic heterocycles. The predicted molar refractivity (Wildman–Crippen MR) is 93.8 cm³/mol. The normalized spacial score (nSPS) is 10.9. The van der Waals surface area contributed by atoms with Crippen molar-refractivity contribution in [2.24, 2.45) is 0 Å². The summed E-state index contributed by atoms with van der Waals surface area (Å²) in [5.41, 5.74) is 3.64. The lowest BCUT2D eigenvalue weighted by atomic mass is 9.90. The molecule has 25 heavy (non-hydrogen) atoms. The molecule has 2 aromatic rings. The first-order chi connectivity index (χ1) is 12.0. The average molecular weight is 346 g/mol. The van der Waals surface area contributed by atoms with Gasteiger partial charge in [-0.2, -0.15) is 0 Å². The number of hydrogen-bond acceptors (Lipinski definition) is 5. The Kier molecular flexibility index (Phi) is 6.11. The van der Waals surface area contributed by atoms with Crippen LogP contribution < -0.4 is 5.32 Å². The number of nitrogens with one attached hydrogen (secondary N) is 2. The molecule has 1 aromatic carbocycles. The van der Waals surface area contributed by atoms with E-state index < -0.39 is 5.97 Å².